The van der Waals surface area contributed by atoms with E-state index in [0.717, 1.165) is 31.4 Å². The Labute approximate surface area is 114 Å². The Hall–Kier alpha value is -2.04. The monoisotopic (exact) mass is 304 g/mol. The number of methoxy groups -OCH3 is 1. The third-order valence-electron chi connectivity index (χ3n) is 2.30. The molecule has 1 aromatic carbocycles. The molecule has 1 unspecified atom stereocenters. The maximum absolute atomic E-state index is 11.8. The topological polar surface area (TPSA) is 136 Å². The van der Waals surface area contributed by atoms with Crippen molar-refractivity contribution in [2.24, 2.45) is 0 Å². The van der Waals surface area contributed by atoms with Crippen LogP contribution in [-0.2, 0) is 19.6 Å². The molecule has 10 heteroatoms. The molecular weight excluding hydrogens is 292 g/mol. The van der Waals surface area contributed by atoms with Crippen LogP contribution in [0.2, 0.25) is 0 Å². The number of carbonyl (C=O) groups excluding carboxylic acids is 1. The van der Waals surface area contributed by atoms with Crippen molar-refractivity contribution in [1.29, 1.82) is 0 Å². The molecule has 110 valence electrons. The number of nitro benzene ring substituents is 1. The van der Waals surface area contributed by atoms with Gasteiger partial charge in [-0.3, -0.25) is 10.1 Å². The number of nitro groups is 1. The highest BCUT2D eigenvalue weighted by Gasteiger charge is 2.21. The average Bonchev–Trinajstić information content (AvgIpc) is 2.44. The van der Waals surface area contributed by atoms with Gasteiger partial charge in [0.15, 0.2) is 6.10 Å². The van der Waals surface area contributed by atoms with Crippen molar-refractivity contribution in [3.05, 3.63) is 34.4 Å². The first kappa shape index (κ1) is 16.0. The lowest BCUT2D eigenvalue weighted by molar-refractivity contribution is -0.384. The fourth-order valence-electron chi connectivity index (χ4n) is 1.24. The van der Waals surface area contributed by atoms with Crippen molar-refractivity contribution >= 4 is 21.7 Å². The van der Waals surface area contributed by atoms with Gasteiger partial charge in [0.25, 0.3) is 5.69 Å². The molecule has 0 spiro atoms. The molecule has 0 amide bonds. The highest BCUT2D eigenvalue weighted by atomic mass is 32.2. The first-order valence-electron chi connectivity index (χ1n) is 5.28. The van der Waals surface area contributed by atoms with Gasteiger partial charge < -0.3 is 9.84 Å². The molecule has 0 fully saturated rings. The average molecular weight is 304 g/mol. The smallest absolute Gasteiger partial charge is 0.336 e. The van der Waals surface area contributed by atoms with Gasteiger partial charge in [-0.2, -0.15) is 0 Å². The Kier molecular flexibility index (Phi) is 5.13. The van der Waals surface area contributed by atoms with Crippen LogP contribution in [0.1, 0.15) is 0 Å². The van der Waals surface area contributed by atoms with Crippen LogP contribution in [-0.4, -0.2) is 44.2 Å². The lowest BCUT2D eigenvalue weighted by atomic mass is 10.3. The number of rotatable bonds is 6. The number of benzene rings is 1. The molecule has 20 heavy (non-hydrogen) atoms. The molecule has 0 heterocycles. The van der Waals surface area contributed by atoms with Crippen LogP contribution in [0, 0.1) is 10.1 Å². The number of hydrogen-bond donors (Lipinski definition) is 2. The number of aliphatic hydroxyl groups excluding tert-OH is 1. The van der Waals surface area contributed by atoms with Gasteiger partial charge in [-0.05, 0) is 12.1 Å². The number of hydrogen-bond acceptors (Lipinski definition) is 7. The van der Waals surface area contributed by atoms with Crippen molar-refractivity contribution in [1.82, 2.24) is 4.72 Å². The Morgan fingerprint density at radius 1 is 1.45 bits per heavy atom. The third kappa shape index (κ3) is 3.98. The molecular formula is C10H12N2O7S. The number of aliphatic hydroxyl groups is 1. The Bertz CT molecular complexity index is 597. The van der Waals surface area contributed by atoms with E-state index in [4.69, 9.17) is 0 Å². The van der Waals surface area contributed by atoms with E-state index in [1.807, 2.05) is 4.72 Å². The molecule has 1 rings (SSSR count). The molecule has 0 saturated carbocycles. The van der Waals surface area contributed by atoms with Crippen LogP contribution in [0.25, 0.3) is 0 Å². The van der Waals surface area contributed by atoms with E-state index in [0.29, 0.717) is 0 Å². The molecule has 1 atom stereocenters. The fourth-order valence-corrected chi connectivity index (χ4v) is 2.28. The summed E-state index contributed by atoms with van der Waals surface area (Å²) in [4.78, 5) is 20.5. The van der Waals surface area contributed by atoms with E-state index in [1.165, 1.54) is 0 Å². The predicted octanol–water partition coefficient (Wildman–Crippen LogP) is -0.593. The van der Waals surface area contributed by atoms with Crippen molar-refractivity contribution in [3.63, 3.8) is 0 Å². The third-order valence-corrected chi connectivity index (χ3v) is 3.74. The second-order valence-corrected chi connectivity index (χ2v) is 5.41. The summed E-state index contributed by atoms with van der Waals surface area (Å²) < 4.78 is 29.8. The van der Waals surface area contributed by atoms with Crippen molar-refractivity contribution in [2.45, 2.75) is 11.0 Å². The number of nitrogens with one attached hydrogen (secondary N) is 1. The normalized spacial score (nSPS) is 12.7. The summed E-state index contributed by atoms with van der Waals surface area (Å²) in [6.45, 7) is -0.563. The van der Waals surface area contributed by atoms with Gasteiger partial charge in [-0.1, -0.05) is 0 Å². The number of non-ortho nitro benzene ring substituents is 1. The van der Waals surface area contributed by atoms with Gasteiger partial charge in [0.1, 0.15) is 0 Å². The summed E-state index contributed by atoms with van der Waals surface area (Å²) in [5.41, 5.74) is -0.251. The lowest BCUT2D eigenvalue weighted by Crippen LogP contribution is -2.37. The zero-order chi connectivity index (χ0) is 15.3. The minimum Gasteiger partial charge on any atom is -0.467 e. The summed E-state index contributed by atoms with van der Waals surface area (Å²) in [6, 6.07) is 4.16. The predicted molar refractivity (Wildman–Crippen MR) is 66.3 cm³/mol. The molecule has 0 bridgehead atoms. The van der Waals surface area contributed by atoms with E-state index < -0.39 is 33.6 Å². The molecule has 0 saturated heterocycles. The maximum Gasteiger partial charge on any atom is 0.336 e. The van der Waals surface area contributed by atoms with Crippen LogP contribution in [0.15, 0.2) is 29.2 Å². The van der Waals surface area contributed by atoms with Crippen LogP contribution in [0.5, 0.6) is 0 Å². The van der Waals surface area contributed by atoms with Crippen molar-refractivity contribution in [2.75, 3.05) is 13.7 Å². The summed E-state index contributed by atoms with van der Waals surface area (Å²) in [5.74, 6) is -0.976. The number of ether oxygens (including phenoxy) is 1. The molecule has 0 aromatic heterocycles. The van der Waals surface area contributed by atoms with Crippen LogP contribution >= 0.6 is 0 Å². The largest absolute Gasteiger partial charge is 0.467 e. The van der Waals surface area contributed by atoms with Crippen molar-refractivity contribution < 1.29 is 28.0 Å². The molecule has 9 nitrogen and oxygen atoms in total. The lowest BCUT2D eigenvalue weighted by Gasteiger charge is -2.10. The minimum absolute atomic E-state index is 0.222. The van der Waals surface area contributed by atoms with E-state index in [-0.39, 0.29) is 10.6 Å². The minimum atomic E-state index is -3.98. The number of carbonyl (C=O) groups is 1. The van der Waals surface area contributed by atoms with Crippen LogP contribution < -0.4 is 4.72 Å². The molecule has 0 aliphatic rings. The van der Waals surface area contributed by atoms with Crippen LogP contribution in [0.4, 0.5) is 5.69 Å². The van der Waals surface area contributed by atoms with Gasteiger partial charge >= 0.3 is 5.97 Å². The van der Waals surface area contributed by atoms with E-state index in [2.05, 4.69) is 4.74 Å². The molecule has 0 aliphatic carbocycles. The second kappa shape index (κ2) is 6.41. The Balaban J connectivity index is 2.79. The van der Waals surface area contributed by atoms with Gasteiger partial charge in [0.2, 0.25) is 10.0 Å². The van der Waals surface area contributed by atoms with Gasteiger partial charge in [-0.15, -0.1) is 0 Å². The summed E-state index contributed by atoms with van der Waals surface area (Å²) >= 11 is 0. The number of sulfonamides is 1. The number of nitrogens with zero attached hydrogens (tertiary/aromatic N) is 1. The standard InChI is InChI=1S/C10H12N2O7S/c1-19-10(14)9(13)6-11-20(17,18)8-4-2-7(3-5-8)12(15)16/h2-5,9,11,13H,6H2,1H3. The van der Waals surface area contributed by atoms with E-state index in [9.17, 15) is 28.4 Å². The highest BCUT2D eigenvalue weighted by Crippen LogP contribution is 2.15. The van der Waals surface area contributed by atoms with E-state index >= 15 is 0 Å². The van der Waals surface area contributed by atoms with Crippen LogP contribution in [0.3, 0.4) is 0 Å². The number of esters is 1. The second-order valence-electron chi connectivity index (χ2n) is 3.64. The summed E-state index contributed by atoms with van der Waals surface area (Å²) in [5, 5.41) is 19.7. The highest BCUT2D eigenvalue weighted by molar-refractivity contribution is 7.89. The molecule has 2 N–H and O–H groups in total. The summed E-state index contributed by atoms with van der Waals surface area (Å²) in [6.07, 6.45) is -1.63. The van der Waals surface area contributed by atoms with Gasteiger partial charge in [0.05, 0.1) is 16.9 Å². The first-order valence-corrected chi connectivity index (χ1v) is 6.76. The van der Waals surface area contributed by atoms with Crippen molar-refractivity contribution in [3.8, 4) is 0 Å². The fraction of sp³-hybridized carbons (Fsp3) is 0.300. The zero-order valence-corrected chi connectivity index (χ0v) is 11.2. The van der Waals surface area contributed by atoms with Gasteiger partial charge in [-0.25, -0.2) is 17.9 Å². The molecule has 0 radical (unpaired) electrons. The molecule has 1 aromatic rings. The van der Waals surface area contributed by atoms with E-state index in [1.54, 1.807) is 0 Å². The Morgan fingerprint density at radius 2 is 2.00 bits per heavy atom. The Morgan fingerprint density at radius 3 is 2.45 bits per heavy atom. The summed E-state index contributed by atoms with van der Waals surface area (Å²) in [7, 11) is -2.93. The zero-order valence-electron chi connectivity index (χ0n) is 10.3. The first-order chi connectivity index (χ1) is 9.27. The quantitative estimate of drug-likeness (QED) is 0.407. The van der Waals surface area contributed by atoms with Gasteiger partial charge in [0, 0.05) is 18.7 Å². The SMILES string of the molecule is COC(=O)C(O)CNS(=O)(=O)c1ccc([N+](=O)[O-])cc1. The maximum atomic E-state index is 11.8. The molecule has 0 aliphatic heterocycles.